The fourth-order valence-electron chi connectivity index (χ4n) is 4.34. The maximum absolute atomic E-state index is 13.5. The van der Waals surface area contributed by atoms with Crippen LogP contribution in [-0.4, -0.2) is 36.0 Å². The summed E-state index contributed by atoms with van der Waals surface area (Å²) >= 11 is 7.31. The van der Waals surface area contributed by atoms with Crippen LogP contribution in [0.1, 0.15) is 22.7 Å². The lowest BCUT2D eigenvalue weighted by atomic mass is 9.94. The number of ketones is 1. The van der Waals surface area contributed by atoms with Gasteiger partial charge in [0.2, 0.25) is 0 Å². The summed E-state index contributed by atoms with van der Waals surface area (Å²) in [5.41, 5.74) is 2.50. The van der Waals surface area contributed by atoms with Gasteiger partial charge in [-0.25, -0.2) is 4.98 Å². The SMILES string of the molecule is COc1cccc(C2C(=C(O)c3ccc(Cl)cc3)C(=O)C(=O)N2c2nc3ccc(C)cc3s2)c1OC. The van der Waals surface area contributed by atoms with Gasteiger partial charge >= 0.3 is 5.91 Å². The van der Waals surface area contributed by atoms with Crippen molar-refractivity contribution in [1.29, 1.82) is 0 Å². The Labute approximate surface area is 216 Å². The molecule has 1 unspecified atom stereocenters. The normalized spacial score (nSPS) is 17.1. The van der Waals surface area contributed by atoms with Gasteiger partial charge in [-0.15, -0.1) is 0 Å². The molecule has 5 rings (SSSR count). The molecule has 1 N–H and O–H groups in total. The third-order valence-electron chi connectivity index (χ3n) is 6.03. The lowest BCUT2D eigenvalue weighted by Gasteiger charge is -2.25. The van der Waals surface area contributed by atoms with Crippen LogP contribution < -0.4 is 14.4 Å². The summed E-state index contributed by atoms with van der Waals surface area (Å²) in [5.74, 6) is -1.17. The molecule has 7 nitrogen and oxygen atoms in total. The van der Waals surface area contributed by atoms with E-state index in [-0.39, 0.29) is 11.3 Å². The number of aryl methyl sites for hydroxylation is 1. The number of Topliss-reactive ketones (excluding diaryl/α,β-unsaturated/α-hetero) is 1. The smallest absolute Gasteiger partial charge is 0.301 e. The Morgan fingerprint density at radius 2 is 1.81 bits per heavy atom. The van der Waals surface area contributed by atoms with Crippen molar-refractivity contribution in [1.82, 2.24) is 4.98 Å². The number of amides is 1. The van der Waals surface area contributed by atoms with Crippen molar-refractivity contribution in [3.05, 3.63) is 87.9 Å². The molecule has 1 fully saturated rings. The van der Waals surface area contributed by atoms with Crippen LogP contribution in [0.5, 0.6) is 11.5 Å². The van der Waals surface area contributed by atoms with E-state index < -0.39 is 17.7 Å². The fourth-order valence-corrected chi connectivity index (χ4v) is 5.55. The molecule has 1 saturated heterocycles. The van der Waals surface area contributed by atoms with Crippen LogP contribution in [0.3, 0.4) is 0 Å². The van der Waals surface area contributed by atoms with E-state index in [9.17, 15) is 14.7 Å². The highest BCUT2D eigenvalue weighted by Crippen LogP contribution is 2.48. The minimum Gasteiger partial charge on any atom is -0.507 e. The van der Waals surface area contributed by atoms with Gasteiger partial charge in [-0.3, -0.25) is 14.5 Å². The second kappa shape index (κ2) is 9.29. The number of thiazole rings is 1. The van der Waals surface area contributed by atoms with E-state index in [1.807, 2.05) is 25.1 Å². The monoisotopic (exact) mass is 520 g/mol. The number of carbonyl (C=O) groups excluding carboxylic acids is 2. The Kier molecular flexibility index (Phi) is 6.15. The Bertz CT molecular complexity index is 1540. The zero-order chi connectivity index (χ0) is 25.6. The number of carbonyl (C=O) groups is 2. The molecule has 36 heavy (non-hydrogen) atoms. The van der Waals surface area contributed by atoms with Crippen LogP contribution >= 0.6 is 22.9 Å². The van der Waals surface area contributed by atoms with E-state index in [0.717, 1.165) is 10.3 Å². The van der Waals surface area contributed by atoms with Crippen molar-refractivity contribution in [2.75, 3.05) is 19.1 Å². The number of hydrogen-bond donors (Lipinski definition) is 1. The highest BCUT2D eigenvalue weighted by atomic mass is 35.5. The van der Waals surface area contributed by atoms with Gasteiger partial charge in [0.05, 0.1) is 30.0 Å². The van der Waals surface area contributed by atoms with Gasteiger partial charge in [-0.2, -0.15) is 0 Å². The predicted molar refractivity (Wildman–Crippen MR) is 140 cm³/mol. The Morgan fingerprint density at radius 1 is 1.06 bits per heavy atom. The largest absolute Gasteiger partial charge is 0.507 e. The summed E-state index contributed by atoms with van der Waals surface area (Å²) < 4.78 is 12.0. The fraction of sp³-hybridized carbons (Fsp3) is 0.148. The average molecular weight is 521 g/mol. The molecule has 182 valence electrons. The predicted octanol–water partition coefficient (Wildman–Crippen LogP) is 5.90. The van der Waals surface area contributed by atoms with Crippen molar-refractivity contribution >= 4 is 55.7 Å². The number of methoxy groups -OCH3 is 2. The lowest BCUT2D eigenvalue weighted by Crippen LogP contribution is -2.29. The summed E-state index contributed by atoms with van der Waals surface area (Å²) in [4.78, 5) is 32.9. The van der Waals surface area contributed by atoms with Gasteiger partial charge in [-0.1, -0.05) is 41.1 Å². The number of ether oxygens (including phenoxy) is 2. The molecular formula is C27H21ClN2O5S. The molecule has 1 amide bonds. The van der Waals surface area contributed by atoms with E-state index in [2.05, 4.69) is 4.98 Å². The number of nitrogens with zero attached hydrogens (tertiary/aromatic N) is 2. The summed E-state index contributed by atoms with van der Waals surface area (Å²) in [6.07, 6.45) is 0. The summed E-state index contributed by atoms with van der Waals surface area (Å²) in [5, 5.41) is 12.1. The molecule has 1 aromatic heterocycles. The summed E-state index contributed by atoms with van der Waals surface area (Å²) in [6.45, 7) is 1.97. The third kappa shape index (κ3) is 3.88. The topological polar surface area (TPSA) is 89.0 Å². The van der Waals surface area contributed by atoms with Crippen LogP contribution in [0.15, 0.2) is 66.2 Å². The number of aliphatic hydroxyl groups excluding tert-OH is 1. The number of benzene rings is 3. The Morgan fingerprint density at radius 3 is 2.50 bits per heavy atom. The first-order chi connectivity index (χ1) is 17.3. The standard InChI is InChI=1S/C27H21ClN2O5S/c1-14-7-12-18-20(13-14)36-27(29-18)30-22(17-5-4-6-19(34-2)25(17)35-3)21(24(32)26(30)33)23(31)15-8-10-16(28)11-9-15/h4-13,22,31H,1-3H3. The molecule has 0 saturated carbocycles. The first-order valence-electron chi connectivity index (χ1n) is 11.0. The van der Waals surface area contributed by atoms with Gasteiger partial charge in [0.1, 0.15) is 11.8 Å². The minimum atomic E-state index is -1.01. The number of para-hydroxylation sites is 1. The minimum absolute atomic E-state index is 0.0793. The average Bonchev–Trinajstić information content (AvgIpc) is 3.40. The number of aromatic nitrogens is 1. The van der Waals surface area contributed by atoms with Crippen LogP contribution in [0.25, 0.3) is 16.0 Å². The molecule has 9 heteroatoms. The molecule has 3 aromatic carbocycles. The molecule has 1 aliphatic heterocycles. The van der Waals surface area contributed by atoms with Crippen molar-refractivity contribution in [3.8, 4) is 11.5 Å². The second-order valence-electron chi connectivity index (χ2n) is 8.23. The van der Waals surface area contributed by atoms with Crippen LogP contribution in [-0.2, 0) is 9.59 Å². The number of rotatable bonds is 5. The van der Waals surface area contributed by atoms with E-state index in [0.29, 0.717) is 38.3 Å². The van der Waals surface area contributed by atoms with Crippen LogP contribution in [0, 0.1) is 6.92 Å². The number of hydrogen-bond acceptors (Lipinski definition) is 7. The van der Waals surface area contributed by atoms with Crippen LogP contribution in [0.4, 0.5) is 5.13 Å². The third-order valence-corrected chi connectivity index (χ3v) is 7.30. The quantitative estimate of drug-likeness (QED) is 0.200. The molecule has 1 atom stereocenters. The zero-order valence-corrected chi connectivity index (χ0v) is 21.2. The van der Waals surface area contributed by atoms with Gasteiger partial charge < -0.3 is 14.6 Å². The molecule has 4 aromatic rings. The van der Waals surface area contributed by atoms with Crippen molar-refractivity contribution in [2.45, 2.75) is 13.0 Å². The van der Waals surface area contributed by atoms with E-state index in [1.54, 1.807) is 42.5 Å². The molecule has 0 spiro atoms. The van der Waals surface area contributed by atoms with E-state index in [1.165, 1.54) is 30.5 Å². The molecule has 2 heterocycles. The second-order valence-corrected chi connectivity index (χ2v) is 9.67. The van der Waals surface area contributed by atoms with Crippen LogP contribution in [0.2, 0.25) is 5.02 Å². The van der Waals surface area contributed by atoms with E-state index >= 15 is 0 Å². The lowest BCUT2D eigenvalue weighted by molar-refractivity contribution is -0.132. The Hall–Kier alpha value is -3.88. The van der Waals surface area contributed by atoms with E-state index in [4.69, 9.17) is 21.1 Å². The Balaban J connectivity index is 1.79. The first-order valence-corrected chi connectivity index (χ1v) is 12.2. The van der Waals surface area contributed by atoms with Gasteiger partial charge in [0.25, 0.3) is 5.78 Å². The highest BCUT2D eigenvalue weighted by Gasteiger charge is 2.49. The molecule has 1 aliphatic rings. The summed E-state index contributed by atoms with van der Waals surface area (Å²) in [7, 11) is 2.98. The number of halogens is 1. The number of aliphatic hydroxyl groups is 1. The molecule has 0 radical (unpaired) electrons. The molecule has 0 aliphatic carbocycles. The zero-order valence-electron chi connectivity index (χ0n) is 19.6. The maximum Gasteiger partial charge on any atom is 0.301 e. The van der Waals surface area contributed by atoms with Crippen molar-refractivity contribution in [3.63, 3.8) is 0 Å². The maximum atomic E-state index is 13.5. The van der Waals surface area contributed by atoms with Gasteiger partial charge in [0.15, 0.2) is 16.6 Å². The molecular weight excluding hydrogens is 500 g/mol. The van der Waals surface area contributed by atoms with Gasteiger partial charge in [-0.05, 0) is 55.0 Å². The molecule has 0 bridgehead atoms. The van der Waals surface area contributed by atoms with Gasteiger partial charge in [0, 0.05) is 16.1 Å². The van der Waals surface area contributed by atoms with Crippen molar-refractivity contribution in [2.24, 2.45) is 0 Å². The van der Waals surface area contributed by atoms with Crippen molar-refractivity contribution < 1.29 is 24.2 Å². The number of anilines is 1. The number of fused-ring (bicyclic) bond motifs is 1. The summed E-state index contributed by atoms with van der Waals surface area (Å²) in [6, 6.07) is 16.3. The first kappa shape index (κ1) is 23.8. The highest BCUT2D eigenvalue weighted by molar-refractivity contribution is 7.22.